The van der Waals surface area contributed by atoms with Gasteiger partial charge in [-0.3, -0.25) is 9.69 Å². The number of nitrogens with one attached hydrogen (secondary N) is 1. The number of piperidine rings is 1. The molecule has 2 unspecified atom stereocenters. The summed E-state index contributed by atoms with van der Waals surface area (Å²) in [5.74, 6) is 1.81. The zero-order valence-corrected chi connectivity index (χ0v) is 18.7. The van der Waals surface area contributed by atoms with Crippen molar-refractivity contribution in [1.82, 2.24) is 10.2 Å². The van der Waals surface area contributed by atoms with Gasteiger partial charge in [-0.15, -0.1) is 0 Å². The molecule has 168 valence electrons. The molecule has 1 heterocycles. The molecule has 1 aromatic carbocycles. The predicted octanol–water partition coefficient (Wildman–Crippen LogP) is 2.91. The molecule has 1 aliphatic heterocycles. The van der Waals surface area contributed by atoms with Crippen LogP contribution in [0.1, 0.15) is 57.1 Å². The number of ether oxygens (including phenoxy) is 3. The van der Waals surface area contributed by atoms with E-state index in [0.717, 1.165) is 37.7 Å². The van der Waals surface area contributed by atoms with E-state index in [-0.39, 0.29) is 17.9 Å². The van der Waals surface area contributed by atoms with E-state index in [1.807, 2.05) is 19.1 Å². The van der Waals surface area contributed by atoms with Crippen molar-refractivity contribution in [2.45, 2.75) is 57.1 Å². The molecule has 0 bridgehead atoms. The smallest absolute Gasteiger partial charge is 0.234 e. The number of nitrogens with zero attached hydrogens (tertiary/aromatic N) is 1. The number of methoxy groups -OCH3 is 3. The zero-order valence-electron chi connectivity index (χ0n) is 18.7. The highest BCUT2D eigenvalue weighted by Gasteiger charge is 2.49. The maximum atomic E-state index is 12.5. The van der Waals surface area contributed by atoms with Crippen LogP contribution in [0.3, 0.4) is 0 Å². The van der Waals surface area contributed by atoms with Crippen LogP contribution in [-0.2, 0) is 4.79 Å². The number of carbonyl (C=O) groups excluding carboxylic acids is 1. The maximum absolute atomic E-state index is 12.5. The van der Waals surface area contributed by atoms with Gasteiger partial charge in [-0.05, 0) is 43.4 Å². The fourth-order valence-electron chi connectivity index (χ4n) is 5.14. The molecular formula is C23H36N2O5. The normalized spacial score (nSPS) is 26.6. The van der Waals surface area contributed by atoms with Crippen molar-refractivity contribution >= 4 is 5.91 Å². The van der Waals surface area contributed by atoms with E-state index >= 15 is 0 Å². The van der Waals surface area contributed by atoms with Crippen molar-refractivity contribution in [2.75, 3.05) is 41.0 Å². The van der Waals surface area contributed by atoms with E-state index in [1.54, 1.807) is 21.3 Å². The van der Waals surface area contributed by atoms with E-state index in [1.165, 1.54) is 0 Å². The summed E-state index contributed by atoms with van der Waals surface area (Å²) in [4.78, 5) is 14.8. The molecule has 1 aliphatic carbocycles. The van der Waals surface area contributed by atoms with Crippen LogP contribution >= 0.6 is 0 Å². The van der Waals surface area contributed by atoms with Crippen LogP contribution in [-0.4, -0.2) is 62.5 Å². The Balaban J connectivity index is 2.01. The molecule has 0 aromatic heterocycles. The summed E-state index contributed by atoms with van der Waals surface area (Å²) in [5, 5.41) is 14.4. The molecule has 7 heteroatoms. The number of amides is 1. The molecule has 2 N–H and O–H groups in total. The van der Waals surface area contributed by atoms with Crippen LogP contribution in [0.4, 0.5) is 0 Å². The molecule has 3 rings (SSSR count). The third-order valence-electron chi connectivity index (χ3n) is 6.62. The fraction of sp³-hybridized carbons (Fsp3) is 0.696. The highest BCUT2D eigenvalue weighted by Crippen LogP contribution is 2.51. The lowest BCUT2D eigenvalue weighted by Gasteiger charge is -2.52. The molecule has 1 aromatic rings. The second-order valence-electron chi connectivity index (χ2n) is 8.43. The van der Waals surface area contributed by atoms with Gasteiger partial charge >= 0.3 is 0 Å². The number of carbonyl (C=O) groups is 1. The van der Waals surface area contributed by atoms with Gasteiger partial charge in [-0.1, -0.05) is 19.8 Å². The van der Waals surface area contributed by atoms with Crippen LogP contribution in [0, 0.1) is 5.92 Å². The lowest BCUT2D eigenvalue weighted by Crippen LogP contribution is -2.56. The lowest BCUT2D eigenvalue weighted by atomic mass is 9.66. The SMILES string of the molecule is CCCNC(=O)CN1CCC2(O)CCCCC2[C@@H]1c1cc(OC)c(OC)c(OC)c1. The number of aliphatic hydroxyl groups is 1. The van der Waals surface area contributed by atoms with Crippen molar-refractivity contribution in [3.63, 3.8) is 0 Å². The Kier molecular flexibility index (Phi) is 7.47. The van der Waals surface area contributed by atoms with E-state index in [2.05, 4.69) is 10.2 Å². The van der Waals surface area contributed by atoms with Gasteiger partial charge in [0.05, 0.1) is 33.5 Å². The molecule has 7 nitrogen and oxygen atoms in total. The first-order valence-electron chi connectivity index (χ1n) is 11.0. The minimum absolute atomic E-state index is 0.0236. The standard InChI is InChI=1S/C23H36N2O5/c1-5-11-24-20(26)15-25-12-10-23(27)9-7-6-8-17(23)21(25)16-13-18(28-2)22(30-4)19(14-16)29-3/h13-14,17,21,27H,5-12,15H2,1-4H3,(H,24,26)/t17?,21-,23?/m0/s1. The van der Waals surface area contributed by atoms with Gasteiger partial charge in [-0.25, -0.2) is 0 Å². The summed E-state index contributed by atoms with van der Waals surface area (Å²) < 4.78 is 16.6. The van der Waals surface area contributed by atoms with Crippen molar-refractivity contribution < 1.29 is 24.1 Å². The van der Waals surface area contributed by atoms with Crippen molar-refractivity contribution in [3.05, 3.63) is 17.7 Å². The number of benzene rings is 1. The Morgan fingerprint density at radius 3 is 2.47 bits per heavy atom. The largest absolute Gasteiger partial charge is 0.493 e. The van der Waals surface area contributed by atoms with Gasteiger partial charge in [0, 0.05) is 25.0 Å². The minimum Gasteiger partial charge on any atom is -0.493 e. The van der Waals surface area contributed by atoms with Gasteiger partial charge in [0.2, 0.25) is 11.7 Å². The van der Waals surface area contributed by atoms with E-state index in [4.69, 9.17) is 14.2 Å². The Labute approximate surface area is 179 Å². The second kappa shape index (κ2) is 9.88. The predicted molar refractivity (Wildman–Crippen MR) is 115 cm³/mol. The molecule has 1 amide bonds. The lowest BCUT2D eigenvalue weighted by molar-refractivity contribution is -0.137. The highest BCUT2D eigenvalue weighted by molar-refractivity contribution is 5.78. The Morgan fingerprint density at radius 1 is 1.17 bits per heavy atom. The molecule has 0 spiro atoms. The maximum Gasteiger partial charge on any atom is 0.234 e. The Hall–Kier alpha value is -1.99. The molecule has 2 fully saturated rings. The third kappa shape index (κ3) is 4.52. The number of fused-ring (bicyclic) bond motifs is 1. The molecule has 30 heavy (non-hydrogen) atoms. The first-order valence-corrected chi connectivity index (χ1v) is 11.0. The third-order valence-corrected chi connectivity index (χ3v) is 6.62. The Bertz CT molecular complexity index is 715. The highest BCUT2D eigenvalue weighted by atomic mass is 16.5. The Morgan fingerprint density at radius 2 is 1.87 bits per heavy atom. The van der Waals surface area contributed by atoms with Gasteiger partial charge in [-0.2, -0.15) is 0 Å². The molecule has 1 saturated heterocycles. The molecule has 0 radical (unpaired) electrons. The number of rotatable bonds is 8. The zero-order chi connectivity index (χ0) is 21.7. The number of hydrogen-bond acceptors (Lipinski definition) is 6. The van der Waals surface area contributed by atoms with Gasteiger partial charge in [0.25, 0.3) is 0 Å². The van der Waals surface area contributed by atoms with Crippen LogP contribution in [0.15, 0.2) is 12.1 Å². The van der Waals surface area contributed by atoms with Crippen molar-refractivity contribution in [2.24, 2.45) is 5.92 Å². The van der Waals surface area contributed by atoms with Gasteiger partial charge in [0.15, 0.2) is 11.5 Å². The fourth-order valence-corrected chi connectivity index (χ4v) is 5.14. The van der Waals surface area contributed by atoms with Crippen molar-refractivity contribution in [3.8, 4) is 17.2 Å². The monoisotopic (exact) mass is 420 g/mol. The van der Waals surface area contributed by atoms with Crippen LogP contribution in [0.25, 0.3) is 0 Å². The van der Waals surface area contributed by atoms with Crippen LogP contribution in [0.2, 0.25) is 0 Å². The van der Waals surface area contributed by atoms with Gasteiger partial charge < -0.3 is 24.6 Å². The number of hydrogen-bond donors (Lipinski definition) is 2. The molecule has 1 saturated carbocycles. The summed E-state index contributed by atoms with van der Waals surface area (Å²) in [6.07, 6.45) is 5.49. The molecule has 3 atom stereocenters. The van der Waals surface area contributed by atoms with Crippen molar-refractivity contribution in [1.29, 1.82) is 0 Å². The van der Waals surface area contributed by atoms with Crippen LogP contribution in [0.5, 0.6) is 17.2 Å². The summed E-state index contributed by atoms with van der Waals surface area (Å²) in [7, 11) is 4.80. The first-order chi connectivity index (χ1) is 14.5. The van der Waals surface area contributed by atoms with E-state index < -0.39 is 5.60 Å². The average molecular weight is 421 g/mol. The molecular weight excluding hydrogens is 384 g/mol. The van der Waals surface area contributed by atoms with Crippen LogP contribution < -0.4 is 19.5 Å². The minimum atomic E-state index is -0.695. The average Bonchev–Trinajstić information content (AvgIpc) is 2.76. The quantitative estimate of drug-likeness (QED) is 0.673. The summed E-state index contributed by atoms with van der Waals surface area (Å²) in [5.41, 5.74) is 0.289. The topological polar surface area (TPSA) is 80.3 Å². The summed E-state index contributed by atoms with van der Waals surface area (Å²) >= 11 is 0. The number of likely N-dealkylation sites (tertiary alicyclic amines) is 1. The van der Waals surface area contributed by atoms with E-state index in [9.17, 15) is 9.90 Å². The molecule has 2 aliphatic rings. The van der Waals surface area contributed by atoms with E-state index in [0.29, 0.717) is 43.3 Å². The first kappa shape index (κ1) is 22.7. The second-order valence-corrected chi connectivity index (χ2v) is 8.43. The summed E-state index contributed by atoms with van der Waals surface area (Å²) in [6.45, 7) is 3.71. The van der Waals surface area contributed by atoms with Gasteiger partial charge in [0.1, 0.15) is 0 Å². The summed E-state index contributed by atoms with van der Waals surface area (Å²) in [6, 6.07) is 3.83.